The Balaban J connectivity index is 1.62. The van der Waals surface area contributed by atoms with Crippen LogP contribution in [-0.2, 0) is 18.3 Å². The molecule has 1 atom stereocenters. The average molecular weight is 437 g/mol. The molecule has 2 aromatic heterocycles. The van der Waals surface area contributed by atoms with Gasteiger partial charge in [-0.05, 0) is 35.4 Å². The summed E-state index contributed by atoms with van der Waals surface area (Å²) in [5.74, 6) is -0.245. The quantitative estimate of drug-likeness (QED) is 0.592. The van der Waals surface area contributed by atoms with Gasteiger partial charge in [0.2, 0.25) is 5.91 Å². The van der Waals surface area contributed by atoms with Gasteiger partial charge in [0.25, 0.3) is 5.91 Å². The Hall–Kier alpha value is -2.93. The van der Waals surface area contributed by atoms with Crippen molar-refractivity contribution in [2.75, 3.05) is 26.2 Å². The number of nitrogens with zero attached hydrogens (tertiary/aromatic N) is 4. The predicted molar refractivity (Wildman–Crippen MR) is 123 cm³/mol. The Bertz CT molecular complexity index is 1040. The number of aryl methyl sites for hydroxylation is 1. The van der Waals surface area contributed by atoms with Gasteiger partial charge in [0.05, 0.1) is 12.2 Å². The van der Waals surface area contributed by atoms with Crippen molar-refractivity contribution in [1.29, 1.82) is 0 Å². The van der Waals surface area contributed by atoms with Crippen molar-refractivity contribution in [1.82, 2.24) is 19.4 Å². The lowest BCUT2D eigenvalue weighted by Crippen LogP contribution is -2.38. The van der Waals surface area contributed by atoms with Crippen LogP contribution in [0.3, 0.4) is 0 Å². The van der Waals surface area contributed by atoms with Crippen molar-refractivity contribution >= 4 is 23.2 Å². The lowest BCUT2D eigenvalue weighted by Gasteiger charge is -2.24. The van der Waals surface area contributed by atoms with Gasteiger partial charge in [0, 0.05) is 44.3 Å². The first-order valence-electron chi connectivity index (χ1n) is 10.7. The molecule has 1 aliphatic rings. The number of hydrogen-bond acceptors (Lipinski definition) is 4. The lowest BCUT2D eigenvalue weighted by molar-refractivity contribution is -0.134. The summed E-state index contributed by atoms with van der Waals surface area (Å²) in [5, 5.41) is 2.07. The first-order valence-corrected chi connectivity index (χ1v) is 11.6. The maximum atomic E-state index is 13.4. The summed E-state index contributed by atoms with van der Waals surface area (Å²) in [7, 11) is 1.85. The van der Waals surface area contributed by atoms with Crippen LogP contribution in [0.15, 0.2) is 54.3 Å². The Morgan fingerprint density at radius 2 is 2.03 bits per heavy atom. The third-order valence-corrected chi connectivity index (χ3v) is 6.62. The van der Waals surface area contributed by atoms with Crippen LogP contribution in [0, 0.1) is 5.92 Å². The number of carbonyl (C=O) groups is 2. The van der Waals surface area contributed by atoms with Crippen molar-refractivity contribution in [3.05, 3.63) is 65.6 Å². The fourth-order valence-corrected chi connectivity index (χ4v) is 4.98. The number of imidazole rings is 1. The van der Waals surface area contributed by atoms with Crippen LogP contribution in [0.1, 0.15) is 29.4 Å². The molecule has 0 bridgehead atoms. The molecule has 0 radical (unpaired) electrons. The second kappa shape index (κ2) is 9.47. The van der Waals surface area contributed by atoms with E-state index in [9.17, 15) is 9.59 Å². The van der Waals surface area contributed by atoms with Crippen molar-refractivity contribution in [3.8, 4) is 10.4 Å². The van der Waals surface area contributed by atoms with E-state index in [2.05, 4.69) is 35.5 Å². The van der Waals surface area contributed by atoms with Gasteiger partial charge in [-0.2, -0.15) is 0 Å². The fourth-order valence-electron chi connectivity index (χ4n) is 4.19. The lowest BCUT2D eigenvalue weighted by atomic mass is 9.93. The molecule has 2 amide bonds. The molecule has 1 saturated heterocycles. The monoisotopic (exact) mass is 436 g/mol. The molecule has 1 aliphatic heterocycles. The molecule has 7 heteroatoms. The smallest absolute Gasteiger partial charge is 0.274 e. The highest BCUT2D eigenvalue weighted by Crippen LogP contribution is 2.30. The Labute approximate surface area is 187 Å². The summed E-state index contributed by atoms with van der Waals surface area (Å²) < 4.78 is 1.77. The number of rotatable bonds is 6. The molecule has 1 aromatic carbocycles. The zero-order chi connectivity index (χ0) is 21.8. The van der Waals surface area contributed by atoms with Gasteiger partial charge in [-0.3, -0.25) is 9.59 Å². The van der Waals surface area contributed by atoms with Gasteiger partial charge in [-0.25, -0.2) is 4.98 Å². The summed E-state index contributed by atoms with van der Waals surface area (Å²) >= 11 is 1.70. The third-order valence-electron chi connectivity index (χ3n) is 5.72. The molecule has 6 nitrogen and oxygen atoms in total. The zero-order valence-electron chi connectivity index (χ0n) is 18.0. The van der Waals surface area contributed by atoms with Crippen LogP contribution in [0.2, 0.25) is 0 Å². The fraction of sp³-hybridized carbons (Fsp3) is 0.375. The number of carbonyl (C=O) groups excluding carboxylic acids is 2. The average Bonchev–Trinajstić information content (AvgIpc) is 3.43. The topological polar surface area (TPSA) is 58.4 Å². The van der Waals surface area contributed by atoms with E-state index in [0.29, 0.717) is 38.3 Å². The second-order valence-corrected chi connectivity index (χ2v) is 8.98. The van der Waals surface area contributed by atoms with Gasteiger partial charge in [-0.15, -0.1) is 11.3 Å². The summed E-state index contributed by atoms with van der Waals surface area (Å²) in [4.78, 5) is 35.7. The summed E-state index contributed by atoms with van der Waals surface area (Å²) in [6.07, 6.45) is 4.88. The molecular formula is C24H28N4O2S. The van der Waals surface area contributed by atoms with Crippen LogP contribution in [0.5, 0.6) is 0 Å². The van der Waals surface area contributed by atoms with Crippen LogP contribution >= 0.6 is 11.3 Å². The highest BCUT2D eigenvalue weighted by molar-refractivity contribution is 7.13. The number of aromatic nitrogens is 2. The number of amides is 2. The molecule has 3 heterocycles. The van der Waals surface area contributed by atoms with Crippen molar-refractivity contribution in [3.63, 3.8) is 0 Å². The molecule has 0 saturated carbocycles. The summed E-state index contributed by atoms with van der Waals surface area (Å²) in [6.45, 7) is 4.30. The van der Waals surface area contributed by atoms with Crippen LogP contribution in [0.25, 0.3) is 10.4 Å². The van der Waals surface area contributed by atoms with E-state index in [1.165, 1.54) is 10.4 Å². The SMILES string of the molecule is CCCN1CCN(C(=O)c2cn(C)cn2)C[C@@H](Cc2ccccc2-c2cccs2)C1=O. The van der Waals surface area contributed by atoms with Gasteiger partial charge < -0.3 is 14.4 Å². The molecule has 1 fully saturated rings. The minimum absolute atomic E-state index is 0.108. The molecule has 0 unspecified atom stereocenters. The Kier molecular flexibility index (Phi) is 6.51. The molecule has 0 spiro atoms. The van der Waals surface area contributed by atoms with Gasteiger partial charge in [-0.1, -0.05) is 37.3 Å². The minimum Gasteiger partial charge on any atom is -0.341 e. The van der Waals surface area contributed by atoms with Crippen LogP contribution in [-0.4, -0.2) is 57.3 Å². The van der Waals surface area contributed by atoms with Gasteiger partial charge >= 0.3 is 0 Å². The van der Waals surface area contributed by atoms with Crippen molar-refractivity contribution < 1.29 is 9.59 Å². The number of thiophene rings is 1. The molecule has 0 aliphatic carbocycles. The van der Waals surface area contributed by atoms with Crippen molar-refractivity contribution in [2.45, 2.75) is 19.8 Å². The zero-order valence-corrected chi connectivity index (χ0v) is 18.8. The van der Waals surface area contributed by atoms with E-state index in [1.807, 2.05) is 30.1 Å². The summed E-state index contributed by atoms with van der Waals surface area (Å²) in [5.41, 5.74) is 2.74. The van der Waals surface area contributed by atoms with E-state index in [1.54, 1.807) is 33.3 Å². The first-order chi connectivity index (χ1) is 15.1. The Morgan fingerprint density at radius 1 is 1.19 bits per heavy atom. The maximum absolute atomic E-state index is 13.4. The van der Waals surface area contributed by atoms with E-state index in [4.69, 9.17) is 0 Å². The van der Waals surface area contributed by atoms with E-state index < -0.39 is 0 Å². The second-order valence-electron chi connectivity index (χ2n) is 8.04. The number of hydrogen-bond donors (Lipinski definition) is 0. The third kappa shape index (κ3) is 4.71. The standard InChI is InChI=1S/C24H28N4O2S/c1-3-10-27-11-12-28(24(30)21-16-26(2)17-25-21)15-19(23(27)29)14-18-7-4-5-8-20(18)22-9-6-13-31-22/h4-9,13,16-17,19H,3,10-12,14-15H2,1-2H3/t19-/m1/s1. The maximum Gasteiger partial charge on any atom is 0.274 e. The van der Waals surface area contributed by atoms with Crippen LogP contribution in [0.4, 0.5) is 0 Å². The molecule has 4 rings (SSSR count). The molecule has 31 heavy (non-hydrogen) atoms. The number of benzene rings is 1. The van der Waals surface area contributed by atoms with E-state index >= 15 is 0 Å². The first kappa shape index (κ1) is 21.3. The van der Waals surface area contributed by atoms with Crippen molar-refractivity contribution in [2.24, 2.45) is 13.0 Å². The highest BCUT2D eigenvalue weighted by Gasteiger charge is 2.33. The molecule has 3 aromatic rings. The van der Waals surface area contributed by atoms with E-state index in [-0.39, 0.29) is 17.7 Å². The Morgan fingerprint density at radius 3 is 2.74 bits per heavy atom. The highest BCUT2D eigenvalue weighted by atomic mass is 32.1. The largest absolute Gasteiger partial charge is 0.341 e. The molecular weight excluding hydrogens is 408 g/mol. The normalized spacial score (nSPS) is 17.1. The molecule has 162 valence electrons. The van der Waals surface area contributed by atoms with E-state index in [0.717, 1.165) is 12.0 Å². The van der Waals surface area contributed by atoms with Crippen LogP contribution < -0.4 is 0 Å². The van der Waals surface area contributed by atoms with Gasteiger partial charge in [0.1, 0.15) is 5.69 Å². The van der Waals surface area contributed by atoms with Gasteiger partial charge in [0.15, 0.2) is 0 Å². The predicted octanol–water partition coefficient (Wildman–Crippen LogP) is 3.70. The molecule has 0 N–H and O–H groups in total. The minimum atomic E-state index is -0.275. The summed E-state index contributed by atoms with van der Waals surface area (Å²) in [6, 6.07) is 12.4.